The lowest BCUT2D eigenvalue weighted by atomic mass is 10.1. The van der Waals surface area contributed by atoms with E-state index in [1.165, 1.54) is 85.0 Å². The van der Waals surface area contributed by atoms with Gasteiger partial charge in [-0.15, -0.1) is 0 Å². The molecule has 12 aromatic rings. The molecule has 8 aromatic heterocycles. The summed E-state index contributed by atoms with van der Waals surface area (Å²) in [4.78, 5) is 158. The van der Waals surface area contributed by atoms with Crippen molar-refractivity contribution < 1.29 is 33.6 Å². The largest absolute Gasteiger partial charge is 0.326 e. The Balaban J connectivity index is 0.000000162. The van der Waals surface area contributed by atoms with Crippen molar-refractivity contribution in [2.45, 2.75) is 56.1 Å². The smallest absolute Gasteiger partial charge is 0.259 e. The van der Waals surface area contributed by atoms with Crippen molar-refractivity contribution in [1.29, 1.82) is 0 Å². The molecule has 1 aliphatic heterocycles. The van der Waals surface area contributed by atoms with Crippen molar-refractivity contribution in [1.82, 2.24) is 89.5 Å². The lowest BCUT2D eigenvalue weighted by Crippen LogP contribution is -2.43. The number of aryl methyl sites for hydroxylation is 1. The Kier molecular flexibility index (Phi) is 31.0. The van der Waals surface area contributed by atoms with Crippen molar-refractivity contribution in [2.24, 2.45) is 0 Å². The Bertz CT molecular complexity index is 5450. The number of carbonyl (C=O) groups excluding carboxylic acids is 7. The van der Waals surface area contributed by atoms with Gasteiger partial charge in [0.25, 0.3) is 23.6 Å². The number of hydrogen-bond donors (Lipinski definition) is 7. The molecule has 32 nitrogen and oxygen atoms in total. The minimum atomic E-state index is -0.512. The second-order valence-electron chi connectivity index (χ2n) is 24.2. The number of carbonyl (C=O) groups is 7. The molecule has 7 N–H and O–H groups in total. The fourth-order valence-corrected chi connectivity index (χ4v) is 11.9. The molecule has 9 heterocycles. The van der Waals surface area contributed by atoms with E-state index in [0.29, 0.717) is 96.4 Å². The van der Waals surface area contributed by atoms with Gasteiger partial charge in [0.1, 0.15) is 28.6 Å². The van der Waals surface area contributed by atoms with Gasteiger partial charge < -0.3 is 20.9 Å². The first kappa shape index (κ1) is 85.1. The zero-order valence-corrected chi connectivity index (χ0v) is 67.5. The summed E-state index contributed by atoms with van der Waals surface area (Å²) >= 11 is 22.4. The zero-order chi connectivity index (χ0) is 81.9. The quantitative estimate of drug-likeness (QED) is 0.0329. The SMILES string of the molecule is CC(=O)Nc1ccc(Cl)c(C(=O)Nc2nc(C)nc(-c3ccccn3)n2)c1.CCC(=O)Nc1ccc(Cl)c(C(=O)Nc2nc(SC)nc(-c3ccccn3)n2)c1.CSc1nc(NC(=O)c2cc(NC(C)=O)ccc2Cl)nc(-c2ccccn2)n1.CSc1nc(NC(=O)c2ccc(CN3CCN(C)CC3)cc2)nc(-c2ccccn2)n1. The minimum Gasteiger partial charge on any atom is -0.326 e. The van der Waals surface area contributed by atoms with E-state index in [4.69, 9.17) is 34.8 Å². The number of pyridine rings is 4. The summed E-state index contributed by atoms with van der Waals surface area (Å²) in [6.07, 6.45) is 12.4. The number of piperazine rings is 1. The monoisotopic (exact) mass is 1660 g/mol. The summed E-state index contributed by atoms with van der Waals surface area (Å²) in [5.74, 6) is -0.123. The van der Waals surface area contributed by atoms with Gasteiger partial charge in [0.2, 0.25) is 41.5 Å². The van der Waals surface area contributed by atoms with E-state index in [2.05, 4.69) is 134 Å². The first-order valence-corrected chi connectivity index (χ1v) is 39.6. The van der Waals surface area contributed by atoms with Crippen LogP contribution in [0, 0.1) is 6.92 Å². The molecular weight excluding hydrogens is 1590 g/mol. The zero-order valence-electron chi connectivity index (χ0n) is 62.8. The highest BCUT2D eigenvalue weighted by atomic mass is 35.5. The van der Waals surface area contributed by atoms with Crippen molar-refractivity contribution in [3.63, 3.8) is 0 Å². The molecule has 0 aliphatic carbocycles. The molecule has 1 aliphatic rings. The molecule has 7 amide bonds. The molecule has 0 radical (unpaired) electrons. The third-order valence-corrected chi connectivity index (χ3v) is 18.3. The molecule has 115 heavy (non-hydrogen) atoms. The Hall–Kier alpha value is -12.4. The maximum absolute atomic E-state index is 12.8. The maximum atomic E-state index is 12.8. The highest BCUT2D eigenvalue weighted by Gasteiger charge is 2.22. The van der Waals surface area contributed by atoms with Gasteiger partial charge in [0.15, 0.2) is 38.8 Å². The van der Waals surface area contributed by atoms with Crippen molar-refractivity contribution >= 4 is 152 Å². The van der Waals surface area contributed by atoms with Crippen LogP contribution in [0.5, 0.6) is 0 Å². The first-order valence-electron chi connectivity index (χ1n) is 34.8. The van der Waals surface area contributed by atoms with Crippen LogP contribution in [-0.4, -0.2) is 183 Å². The van der Waals surface area contributed by atoms with Crippen molar-refractivity contribution in [3.05, 3.63) is 225 Å². The van der Waals surface area contributed by atoms with E-state index < -0.39 is 17.7 Å². The summed E-state index contributed by atoms with van der Waals surface area (Å²) in [7, 11) is 2.15. The van der Waals surface area contributed by atoms with Gasteiger partial charge in [-0.3, -0.25) is 79.7 Å². The predicted octanol–water partition coefficient (Wildman–Crippen LogP) is 13.2. The molecule has 13 rings (SSSR count). The highest BCUT2D eigenvalue weighted by molar-refractivity contribution is 7.98. The number of nitrogens with zero attached hydrogens (tertiary/aromatic N) is 18. The maximum Gasteiger partial charge on any atom is 0.259 e. The Labute approximate surface area is 687 Å². The van der Waals surface area contributed by atoms with E-state index in [-0.39, 0.29) is 79.2 Å². The average molecular weight is 1660 g/mol. The number of amides is 7. The normalized spacial score (nSPS) is 11.6. The average Bonchev–Trinajstić information content (AvgIpc) is 0.820. The fraction of sp³-hybridized carbons (Fsp3) is 0.182. The summed E-state index contributed by atoms with van der Waals surface area (Å²) in [5, 5.41) is 20.7. The Morgan fingerprint density at radius 2 is 0.730 bits per heavy atom. The van der Waals surface area contributed by atoms with Gasteiger partial charge in [-0.1, -0.05) is 113 Å². The van der Waals surface area contributed by atoms with Crippen LogP contribution >= 0.6 is 70.1 Å². The van der Waals surface area contributed by atoms with Crippen LogP contribution in [0.2, 0.25) is 15.1 Å². The van der Waals surface area contributed by atoms with Crippen molar-refractivity contribution in [3.8, 4) is 46.1 Å². The van der Waals surface area contributed by atoms with E-state index in [1.807, 2.05) is 79.4 Å². The van der Waals surface area contributed by atoms with Gasteiger partial charge in [0, 0.05) is 100 Å². The van der Waals surface area contributed by atoms with Crippen LogP contribution in [0.4, 0.5) is 40.9 Å². The van der Waals surface area contributed by atoms with Gasteiger partial charge in [0.05, 0.1) is 31.8 Å². The number of thioether (sulfide) groups is 3. The molecule has 38 heteroatoms. The number of aromatic nitrogens is 16. The summed E-state index contributed by atoms with van der Waals surface area (Å²) < 4.78 is 0. The standard InChI is InChI=1S/C22H25N7OS.C19H17ClN6O2S.C18H15ClN6O2S.C18H15ClN6O2/c1-28-11-13-29(14-12-28)15-16-6-8-17(9-7-16)20(30)26-21-24-19(25-22(27-21)31-2)18-5-3-4-10-23-18;1-3-15(27)22-11-7-8-13(20)12(10-11)17(28)25-18-23-16(24-19(26-18)29-2)14-6-4-5-9-21-14;1-10(26)21-11-6-7-13(19)12(9-11)16(27)24-17-22-15(23-18(25-17)28-2)14-5-3-4-8-20-14;1-10-21-16(15-5-3-4-8-20-15)24-18(22-10)25-17(27)13-9-12(23-11(2)26)6-7-14(13)19/h3-10H,11-15H2,1-2H3,(H,24,25,26,27,30);4-10H,3H2,1-2H3,(H,22,27)(H,23,24,25,26,28);3-9H,1-2H3,(H,21,26)(H,22,23,24,25,27);3-9H,1-2H3,(H,23,26)(H,21,22,24,25,27). The second kappa shape index (κ2) is 42.0. The minimum absolute atomic E-state index is 0.0750. The van der Waals surface area contributed by atoms with Gasteiger partial charge in [-0.05, 0) is 154 Å². The first-order chi connectivity index (χ1) is 55.5. The van der Waals surface area contributed by atoms with Crippen molar-refractivity contribution in [2.75, 3.05) is 89.2 Å². The van der Waals surface area contributed by atoms with Gasteiger partial charge >= 0.3 is 0 Å². The number of hydrogen-bond acceptors (Lipinski definition) is 28. The van der Waals surface area contributed by atoms with Crippen LogP contribution in [0.25, 0.3) is 46.1 Å². The number of rotatable bonds is 21. The van der Waals surface area contributed by atoms with E-state index in [0.717, 1.165) is 32.7 Å². The second-order valence-corrected chi connectivity index (χ2v) is 27.8. The van der Waals surface area contributed by atoms with Crippen LogP contribution in [0.3, 0.4) is 0 Å². The summed E-state index contributed by atoms with van der Waals surface area (Å²) in [6, 6.07) is 43.2. The lowest BCUT2D eigenvalue weighted by Gasteiger charge is -2.32. The van der Waals surface area contributed by atoms with Crippen LogP contribution in [0.1, 0.15) is 80.0 Å². The fourth-order valence-electron chi connectivity index (χ4n) is 10.2. The molecule has 0 unspecified atom stereocenters. The van der Waals surface area contributed by atoms with Crippen LogP contribution < -0.4 is 37.2 Å². The number of nitrogens with one attached hydrogen (secondary N) is 7. The molecule has 0 saturated carbocycles. The third-order valence-electron chi connectivity index (χ3n) is 15.7. The number of benzene rings is 4. The molecule has 0 atom stereocenters. The molecule has 1 saturated heterocycles. The Morgan fingerprint density at radius 1 is 0.391 bits per heavy atom. The molecular formula is C77H72Cl3N25O7S3. The van der Waals surface area contributed by atoms with Gasteiger partial charge in [-0.2, -0.15) is 39.9 Å². The van der Waals surface area contributed by atoms with Crippen LogP contribution in [-0.2, 0) is 20.9 Å². The van der Waals surface area contributed by atoms with Gasteiger partial charge in [-0.25, -0.2) is 19.9 Å². The number of halogens is 3. The summed E-state index contributed by atoms with van der Waals surface area (Å²) in [6.45, 7) is 11.4. The predicted molar refractivity (Wildman–Crippen MR) is 445 cm³/mol. The molecule has 1 fully saturated rings. The lowest BCUT2D eigenvalue weighted by molar-refractivity contribution is -0.116. The molecule has 4 aromatic carbocycles. The van der Waals surface area contributed by atoms with Crippen LogP contribution in [0.15, 0.2) is 192 Å². The van der Waals surface area contributed by atoms with E-state index in [1.54, 1.807) is 99.3 Å². The summed E-state index contributed by atoms with van der Waals surface area (Å²) in [5.41, 5.74) is 5.99. The van der Waals surface area contributed by atoms with E-state index >= 15 is 0 Å². The molecule has 0 bridgehead atoms. The molecule has 586 valence electrons. The topological polar surface area (TPSA) is 416 Å². The molecule has 0 spiro atoms. The Morgan fingerprint density at radius 3 is 1.06 bits per heavy atom. The number of likely N-dealkylation sites (N-methyl/N-ethyl adjacent to an activating group) is 1. The third kappa shape index (κ3) is 25.6. The highest BCUT2D eigenvalue weighted by Crippen LogP contribution is 2.28. The van der Waals surface area contributed by atoms with E-state index in [9.17, 15) is 33.6 Å². The number of anilines is 7.